The lowest BCUT2D eigenvalue weighted by Crippen LogP contribution is -2.15. The van der Waals surface area contributed by atoms with E-state index in [1.54, 1.807) is 0 Å². The van der Waals surface area contributed by atoms with Crippen molar-refractivity contribution in [3.63, 3.8) is 0 Å². The van der Waals surface area contributed by atoms with Gasteiger partial charge in [0.05, 0.1) is 5.75 Å². The number of nitrogens with one attached hydrogen (secondary N) is 1. The summed E-state index contributed by atoms with van der Waals surface area (Å²) in [5, 5.41) is 12.2. The molecule has 0 aliphatic heterocycles. The standard InChI is InChI=1S/C22H26N4OS/c1-15-8-6-7-9-18(15)20-24-25-21(26(20)5)28-14-19(27)23-17-12-10-16(11-13-17)22(2,3)4/h6-13H,14H2,1-5H3,(H,23,27). The summed E-state index contributed by atoms with van der Waals surface area (Å²) in [5.74, 6) is 1.02. The Kier molecular flexibility index (Phi) is 5.89. The number of anilines is 1. The van der Waals surface area contributed by atoms with Crippen LogP contribution in [-0.4, -0.2) is 26.4 Å². The van der Waals surface area contributed by atoms with Gasteiger partial charge in [0, 0.05) is 18.3 Å². The minimum absolute atomic E-state index is 0.0612. The summed E-state index contributed by atoms with van der Waals surface area (Å²) in [6, 6.07) is 16.1. The van der Waals surface area contributed by atoms with Crippen LogP contribution in [-0.2, 0) is 17.3 Å². The fourth-order valence-electron chi connectivity index (χ4n) is 2.88. The monoisotopic (exact) mass is 394 g/mol. The molecule has 1 aromatic heterocycles. The molecule has 0 fully saturated rings. The molecule has 2 aromatic carbocycles. The zero-order chi connectivity index (χ0) is 20.3. The average molecular weight is 395 g/mol. The number of thioether (sulfide) groups is 1. The summed E-state index contributed by atoms with van der Waals surface area (Å²) in [6.45, 7) is 8.56. The molecule has 0 saturated carbocycles. The normalized spacial score (nSPS) is 11.5. The van der Waals surface area contributed by atoms with Crippen LogP contribution in [0.4, 0.5) is 5.69 Å². The van der Waals surface area contributed by atoms with Crippen molar-refractivity contribution >= 4 is 23.4 Å². The van der Waals surface area contributed by atoms with Crippen LogP contribution in [0.2, 0.25) is 0 Å². The van der Waals surface area contributed by atoms with Crippen molar-refractivity contribution < 1.29 is 4.79 Å². The predicted octanol–water partition coefficient (Wildman–Crippen LogP) is 4.82. The van der Waals surface area contributed by atoms with Gasteiger partial charge < -0.3 is 9.88 Å². The minimum atomic E-state index is -0.0612. The van der Waals surface area contributed by atoms with Crippen LogP contribution in [0.15, 0.2) is 53.7 Å². The van der Waals surface area contributed by atoms with E-state index in [1.807, 2.05) is 41.9 Å². The Hall–Kier alpha value is -2.60. The predicted molar refractivity (Wildman–Crippen MR) is 116 cm³/mol. The maximum Gasteiger partial charge on any atom is 0.234 e. The number of hydrogen-bond donors (Lipinski definition) is 1. The largest absolute Gasteiger partial charge is 0.325 e. The zero-order valence-electron chi connectivity index (χ0n) is 17.0. The van der Waals surface area contributed by atoms with Crippen molar-refractivity contribution in [2.45, 2.75) is 38.3 Å². The van der Waals surface area contributed by atoms with E-state index >= 15 is 0 Å². The Bertz CT molecular complexity index is 971. The van der Waals surface area contributed by atoms with Gasteiger partial charge in [-0.2, -0.15) is 0 Å². The zero-order valence-corrected chi connectivity index (χ0v) is 17.8. The Morgan fingerprint density at radius 2 is 1.75 bits per heavy atom. The Morgan fingerprint density at radius 3 is 2.39 bits per heavy atom. The van der Waals surface area contributed by atoms with Crippen molar-refractivity contribution in [2.24, 2.45) is 7.05 Å². The third-order valence-electron chi connectivity index (χ3n) is 4.59. The SMILES string of the molecule is Cc1ccccc1-c1nnc(SCC(=O)Nc2ccc(C(C)(C)C)cc2)n1C. The first kappa shape index (κ1) is 20.1. The van der Waals surface area contributed by atoms with Crippen molar-refractivity contribution in [3.05, 3.63) is 59.7 Å². The Balaban J connectivity index is 1.62. The smallest absolute Gasteiger partial charge is 0.234 e. The summed E-state index contributed by atoms with van der Waals surface area (Å²) >= 11 is 1.38. The molecule has 0 unspecified atom stereocenters. The van der Waals surface area contributed by atoms with Gasteiger partial charge in [0.15, 0.2) is 11.0 Å². The first-order valence-electron chi connectivity index (χ1n) is 9.24. The first-order valence-corrected chi connectivity index (χ1v) is 10.2. The van der Waals surface area contributed by atoms with E-state index in [1.165, 1.54) is 17.3 Å². The van der Waals surface area contributed by atoms with Gasteiger partial charge in [0.1, 0.15) is 0 Å². The molecule has 0 radical (unpaired) electrons. The summed E-state index contributed by atoms with van der Waals surface area (Å²) in [6.07, 6.45) is 0. The van der Waals surface area contributed by atoms with E-state index in [-0.39, 0.29) is 17.1 Å². The number of aromatic nitrogens is 3. The number of rotatable bonds is 5. The molecule has 6 heteroatoms. The minimum Gasteiger partial charge on any atom is -0.325 e. The van der Waals surface area contributed by atoms with Gasteiger partial charge in [-0.3, -0.25) is 4.79 Å². The fraction of sp³-hybridized carbons (Fsp3) is 0.318. The molecule has 5 nitrogen and oxygen atoms in total. The highest BCUT2D eigenvalue weighted by molar-refractivity contribution is 7.99. The highest BCUT2D eigenvalue weighted by Crippen LogP contribution is 2.26. The Morgan fingerprint density at radius 1 is 1.07 bits per heavy atom. The van der Waals surface area contributed by atoms with E-state index in [9.17, 15) is 4.79 Å². The molecule has 1 heterocycles. The van der Waals surface area contributed by atoms with Gasteiger partial charge >= 0.3 is 0 Å². The highest BCUT2D eigenvalue weighted by Gasteiger charge is 2.15. The number of nitrogens with zero attached hydrogens (tertiary/aromatic N) is 3. The van der Waals surface area contributed by atoms with Crippen LogP contribution in [0.3, 0.4) is 0 Å². The van der Waals surface area contributed by atoms with Gasteiger partial charge in [-0.05, 0) is 35.6 Å². The van der Waals surface area contributed by atoms with E-state index in [2.05, 4.69) is 61.4 Å². The first-order chi connectivity index (χ1) is 13.3. The molecule has 3 aromatic rings. The lowest BCUT2D eigenvalue weighted by atomic mass is 9.87. The van der Waals surface area contributed by atoms with Crippen molar-refractivity contribution in [1.82, 2.24) is 14.8 Å². The third-order valence-corrected chi connectivity index (χ3v) is 5.61. The highest BCUT2D eigenvalue weighted by atomic mass is 32.2. The molecule has 146 valence electrons. The lowest BCUT2D eigenvalue weighted by molar-refractivity contribution is -0.113. The molecule has 0 aliphatic carbocycles. The Labute approximate surface area is 170 Å². The topological polar surface area (TPSA) is 59.8 Å². The number of carbonyl (C=O) groups excluding carboxylic acids is 1. The van der Waals surface area contributed by atoms with Crippen LogP contribution in [0.25, 0.3) is 11.4 Å². The van der Waals surface area contributed by atoms with Crippen LogP contribution >= 0.6 is 11.8 Å². The second-order valence-corrected chi connectivity index (χ2v) is 8.79. The fourth-order valence-corrected chi connectivity index (χ4v) is 3.59. The second-order valence-electron chi connectivity index (χ2n) is 7.84. The molecule has 0 saturated heterocycles. The van der Waals surface area contributed by atoms with Gasteiger partial charge in [0.25, 0.3) is 0 Å². The third kappa shape index (κ3) is 4.62. The summed E-state index contributed by atoms with van der Waals surface area (Å²) in [4.78, 5) is 12.3. The average Bonchev–Trinajstić information content (AvgIpc) is 3.00. The van der Waals surface area contributed by atoms with Gasteiger partial charge in [0.2, 0.25) is 5.91 Å². The summed E-state index contributed by atoms with van der Waals surface area (Å²) in [7, 11) is 1.92. The second kappa shape index (κ2) is 8.19. The number of benzene rings is 2. The maximum absolute atomic E-state index is 12.3. The molecule has 28 heavy (non-hydrogen) atoms. The lowest BCUT2D eigenvalue weighted by Gasteiger charge is -2.19. The molecular formula is C22H26N4OS. The molecule has 0 spiro atoms. The number of amides is 1. The van der Waals surface area contributed by atoms with E-state index in [4.69, 9.17) is 0 Å². The molecule has 0 bridgehead atoms. The van der Waals surface area contributed by atoms with Crippen molar-refractivity contribution in [1.29, 1.82) is 0 Å². The number of hydrogen-bond acceptors (Lipinski definition) is 4. The quantitative estimate of drug-likeness (QED) is 0.630. The molecule has 1 N–H and O–H groups in total. The van der Waals surface area contributed by atoms with Gasteiger partial charge in [-0.15, -0.1) is 10.2 Å². The van der Waals surface area contributed by atoms with E-state index < -0.39 is 0 Å². The summed E-state index contributed by atoms with van der Waals surface area (Å²) in [5.41, 5.74) is 4.33. The molecule has 0 aliphatic rings. The molecule has 1 amide bonds. The number of aryl methyl sites for hydroxylation is 1. The maximum atomic E-state index is 12.3. The van der Waals surface area contributed by atoms with Gasteiger partial charge in [-0.25, -0.2) is 0 Å². The summed E-state index contributed by atoms with van der Waals surface area (Å²) < 4.78 is 1.93. The molecular weight excluding hydrogens is 368 g/mol. The molecule has 0 atom stereocenters. The van der Waals surface area contributed by atoms with Crippen molar-refractivity contribution in [2.75, 3.05) is 11.1 Å². The van der Waals surface area contributed by atoms with Crippen LogP contribution < -0.4 is 5.32 Å². The number of carbonyl (C=O) groups is 1. The van der Waals surface area contributed by atoms with Gasteiger partial charge in [-0.1, -0.05) is 68.9 Å². The van der Waals surface area contributed by atoms with Crippen LogP contribution in [0.1, 0.15) is 31.9 Å². The van der Waals surface area contributed by atoms with Crippen LogP contribution in [0.5, 0.6) is 0 Å². The van der Waals surface area contributed by atoms with E-state index in [0.29, 0.717) is 0 Å². The molecule has 3 rings (SSSR count). The van der Waals surface area contributed by atoms with E-state index in [0.717, 1.165) is 27.8 Å². The van der Waals surface area contributed by atoms with Crippen LogP contribution in [0, 0.1) is 6.92 Å². The van der Waals surface area contributed by atoms with Crippen molar-refractivity contribution in [3.8, 4) is 11.4 Å².